The zero-order valence-corrected chi connectivity index (χ0v) is 9.96. The van der Waals surface area contributed by atoms with E-state index in [9.17, 15) is 20.1 Å². The summed E-state index contributed by atoms with van der Waals surface area (Å²) in [4.78, 5) is 13.9. The van der Waals surface area contributed by atoms with Gasteiger partial charge in [-0.25, -0.2) is 0 Å². The Morgan fingerprint density at radius 2 is 2.05 bits per heavy atom. The SMILES string of the molecule is [N-]=[N+]=NCCC(=O)N[C@@H]1C(O)O[C@H](CO)[C@@H](O)[C@@H]1O. The summed E-state index contributed by atoms with van der Waals surface area (Å²) in [6.07, 6.45) is -5.72. The molecule has 108 valence electrons. The number of carbonyl (C=O) groups excluding carboxylic acids is 1. The fraction of sp³-hybridized carbons (Fsp3) is 0.889. The van der Waals surface area contributed by atoms with Crippen molar-refractivity contribution >= 4 is 5.91 Å². The Balaban J connectivity index is 2.57. The Morgan fingerprint density at radius 1 is 1.37 bits per heavy atom. The lowest BCUT2D eigenvalue weighted by Gasteiger charge is -2.40. The van der Waals surface area contributed by atoms with Crippen molar-refractivity contribution in [3.63, 3.8) is 0 Å². The lowest BCUT2D eigenvalue weighted by molar-refractivity contribution is -0.253. The van der Waals surface area contributed by atoms with Crippen LogP contribution in [0.15, 0.2) is 5.11 Å². The third-order valence-electron chi connectivity index (χ3n) is 2.73. The number of amides is 1. The first-order valence-electron chi connectivity index (χ1n) is 5.62. The van der Waals surface area contributed by atoms with E-state index in [1.54, 1.807) is 0 Å². The van der Waals surface area contributed by atoms with Crippen molar-refractivity contribution in [2.45, 2.75) is 37.1 Å². The molecule has 1 rings (SSSR count). The van der Waals surface area contributed by atoms with Crippen LogP contribution in [0.1, 0.15) is 6.42 Å². The molecule has 1 aliphatic heterocycles. The number of carbonyl (C=O) groups is 1. The Labute approximate surface area is 108 Å². The normalized spacial score (nSPS) is 34.4. The molecule has 5 atom stereocenters. The summed E-state index contributed by atoms with van der Waals surface area (Å²) in [6.45, 7) is -0.642. The summed E-state index contributed by atoms with van der Waals surface area (Å²) >= 11 is 0. The molecule has 1 amide bonds. The summed E-state index contributed by atoms with van der Waals surface area (Å²) in [6, 6.07) is -1.23. The van der Waals surface area contributed by atoms with Crippen LogP contribution in [0.5, 0.6) is 0 Å². The van der Waals surface area contributed by atoms with Crippen LogP contribution < -0.4 is 5.32 Å². The number of nitrogens with zero attached hydrogens (tertiary/aromatic N) is 3. The summed E-state index contributed by atoms with van der Waals surface area (Å²) < 4.78 is 4.86. The highest BCUT2D eigenvalue weighted by atomic mass is 16.6. The molecule has 0 aromatic carbocycles. The summed E-state index contributed by atoms with van der Waals surface area (Å²) in [5, 5.41) is 43.2. The lowest BCUT2D eigenvalue weighted by Crippen LogP contribution is -2.64. The third kappa shape index (κ3) is 4.03. The molecule has 1 saturated heterocycles. The monoisotopic (exact) mass is 276 g/mol. The fourth-order valence-electron chi connectivity index (χ4n) is 1.71. The van der Waals surface area contributed by atoms with E-state index in [1.165, 1.54) is 0 Å². The Morgan fingerprint density at radius 3 is 2.63 bits per heavy atom. The van der Waals surface area contributed by atoms with E-state index in [0.717, 1.165) is 0 Å². The Hall–Kier alpha value is -1.42. The Bertz CT molecular complexity index is 361. The molecule has 0 aromatic heterocycles. The van der Waals surface area contributed by atoms with Gasteiger partial charge in [0.1, 0.15) is 24.4 Å². The van der Waals surface area contributed by atoms with Crippen molar-refractivity contribution in [3.05, 3.63) is 10.4 Å². The van der Waals surface area contributed by atoms with E-state index in [1.807, 2.05) is 0 Å². The number of hydrogen-bond donors (Lipinski definition) is 5. The molecule has 0 bridgehead atoms. The van der Waals surface area contributed by atoms with Crippen molar-refractivity contribution in [2.24, 2.45) is 5.11 Å². The van der Waals surface area contributed by atoms with Crippen molar-refractivity contribution in [3.8, 4) is 0 Å². The van der Waals surface area contributed by atoms with Crippen LogP contribution in [0.3, 0.4) is 0 Å². The maximum atomic E-state index is 11.4. The largest absolute Gasteiger partial charge is 0.394 e. The predicted octanol–water partition coefficient (Wildman–Crippen LogP) is -2.40. The molecule has 10 heteroatoms. The molecule has 1 fully saturated rings. The summed E-state index contributed by atoms with van der Waals surface area (Å²) in [5.74, 6) is -0.575. The highest BCUT2D eigenvalue weighted by Crippen LogP contribution is 2.19. The smallest absolute Gasteiger partial charge is 0.220 e. The number of ether oxygens (including phenoxy) is 1. The second-order valence-electron chi connectivity index (χ2n) is 4.03. The van der Waals surface area contributed by atoms with Gasteiger partial charge in [0.25, 0.3) is 0 Å². The predicted molar refractivity (Wildman–Crippen MR) is 60.5 cm³/mol. The fourth-order valence-corrected chi connectivity index (χ4v) is 1.71. The molecule has 0 saturated carbocycles. The zero-order valence-electron chi connectivity index (χ0n) is 9.96. The Kier molecular flexibility index (Phi) is 5.96. The van der Waals surface area contributed by atoms with Crippen LogP contribution >= 0.6 is 0 Å². The minimum absolute atomic E-state index is 0.0656. The number of aliphatic hydroxyl groups is 4. The van der Waals surface area contributed by atoms with Crippen LogP contribution in [0.25, 0.3) is 10.4 Å². The second kappa shape index (κ2) is 7.24. The average molecular weight is 276 g/mol. The number of nitrogens with one attached hydrogen (secondary N) is 1. The van der Waals surface area contributed by atoms with Gasteiger partial charge in [-0.15, -0.1) is 0 Å². The molecular weight excluding hydrogens is 260 g/mol. The molecule has 1 unspecified atom stereocenters. The topological polar surface area (TPSA) is 168 Å². The zero-order chi connectivity index (χ0) is 14.4. The highest BCUT2D eigenvalue weighted by molar-refractivity contribution is 5.76. The molecule has 0 spiro atoms. The first-order valence-corrected chi connectivity index (χ1v) is 5.62. The first kappa shape index (κ1) is 15.6. The number of hydrogen-bond acceptors (Lipinski definition) is 7. The minimum Gasteiger partial charge on any atom is -0.394 e. The average Bonchev–Trinajstić information content (AvgIpc) is 2.39. The van der Waals surface area contributed by atoms with E-state index in [4.69, 9.17) is 15.4 Å². The first-order chi connectivity index (χ1) is 9.01. The second-order valence-corrected chi connectivity index (χ2v) is 4.03. The highest BCUT2D eigenvalue weighted by Gasteiger charge is 2.44. The quantitative estimate of drug-likeness (QED) is 0.213. The van der Waals surface area contributed by atoms with Crippen LogP contribution in [0.4, 0.5) is 0 Å². The number of azide groups is 1. The van der Waals surface area contributed by atoms with Crippen LogP contribution in [0, 0.1) is 0 Å². The molecule has 1 aliphatic rings. The molecule has 0 radical (unpaired) electrons. The molecule has 5 N–H and O–H groups in total. The van der Waals surface area contributed by atoms with E-state index in [2.05, 4.69) is 15.3 Å². The maximum Gasteiger partial charge on any atom is 0.220 e. The third-order valence-corrected chi connectivity index (χ3v) is 2.73. The maximum absolute atomic E-state index is 11.4. The molecular formula is C9H16N4O6. The van der Waals surface area contributed by atoms with Crippen LogP contribution in [0.2, 0.25) is 0 Å². The summed E-state index contributed by atoms with van der Waals surface area (Å²) in [5.41, 5.74) is 8.05. The number of aliphatic hydroxyl groups excluding tert-OH is 4. The van der Waals surface area contributed by atoms with Gasteiger partial charge in [0.15, 0.2) is 6.29 Å². The molecule has 0 aromatic rings. The van der Waals surface area contributed by atoms with Crippen LogP contribution in [-0.4, -0.2) is 70.1 Å². The van der Waals surface area contributed by atoms with Gasteiger partial charge in [-0.2, -0.15) is 0 Å². The van der Waals surface area contributed by atoms with Crippen molar-refractivity contribution in [1.29, 1.82) is 0 Å². The van der Waals surface area contributed by atoms with Crippen molar-refractivity contribution < 1.29 is 30.0 Å². The van der Waals surface area contributed by atoms with Gasteiger partial charge in [0, 0.05) is 17.9 Å². The van der Waals surface area contributed by atoms with Crippen LogP contribution in [-0.2, 0) is 9.53 Å². The van der Waals surface area contributed by atoms with Gasteiger partial charge in [0.05, 0.1) is 6.61 Å². The van der Waals surface area contributed by atoms with Gasteiger partial charge < -0.3 is 30.5 Å². The van der Waals surface area contributed by atoms with Gasteiger partial charge in [0.2, 0.25) is 5.91 Å². The molecule has 19 heavy (non-hydrogen) atoms. The van der Waals surface area contributed by atoms with Gasteiger partial charge >= 0.3 is 0 Å². The summed E-state index contributed by atoms with van der Waals surface area (Å²) in [7, 11) is 0. The molecule has 10 nitrogen and oxygen atoms in total. The minimum atomic E-state index is -1.56. The molecule has 1 heterocycles. The van der Waals surface area contributed by atoms with Crippen molar-refractivity contribution in [2.75, 3.05) is 13.2 Å². The number of rotatable bonds is 5. The van der Waals surface area contributed by atoms with Gasteiger partial charge in [-0.1, -0.05) is 5.11 Å². The lowest BCUT2D eigenvalue weighted by atomic mass is 9.97. The van der Waals surface area contributed by atoms with E-state index < -0.39 is 43.2 Å². The van der Waals surface area contributed by atoms with Crippen molar-refractivity contribution in [1.82, 2.24) is 5.32 Å². The van der Waals surface area contributed by atoms with E-state index >= 15 is 0 Å². The van der Waals surface area contributed by atoms with Gasteiger partial charge in [-0.3, -0.25) is 4.79 Å². The van der Waals surface area contributed by atoms with Gasteiger partial charge in [-0.05, 0) is 5.53 Å². The standard InChI is InChI=1S/C9H16N4O6/c10-13-11-2-1-5(15)12-6-8(17)7(16)4(3-14)19-9(6)18/h4,6-9,14,16-18H,1-3H2,(H,12,15)/t4-,6+,7-,8-,9?/m1/s1. The molecule has 0 aliphatic carbocycles. The van der Waals surface area contributed by atoms with E-state index in [-0.39, 0.29) is 13.0 Å². The van der Waals surface area contributed by atoms with E-state index in [0.29, 0.717) is 0 Å².